The van der Waals surface area contributed by atoms with Crippen molar-refractivity contribution in [1.29, 1.82) is 0 Å². The molecule has 6 atom stereocenters. The topological polar surface area (TPSA) is 127 Å². The van der Waals surface area contributed by atoms with Gasteiger partial charge in [-0.3, -0.25) is 14.4 Å². The second-order valence-electron chi connectivity index (χ2n) is 10.3. The number of rotatable bonds is 12. The highest BCUT2D eigenvalue weighted by Crippen LogP contribution is 2.60. The van der Waals surface area contributed by atoms with E-state index in [0.717, 1.165) is 5.52 Å². The van der Waals surface area contributed by atoms with Crippen LogP contribution >= 0.6 is 15.9 Å². The van der Waals surface area contributed by atoms with Gasteiger partial charge in [-0.1, -0.05) is 39.4 Å². The Morgan fingerprint density at radius 3 is 2.87 bits per heavy atom. The zero-order valence-corrected chi connectivity index (χ0v) is 23.5. The van der Waals surface area contributed by atoms with Crippen LogP contribution in [0.25, 0.3) is 11.0 Å². The van der Waals surface area contributed by atoms with Crippen molar-refractivity contribution in [2.45, 2.75) is 61.8 Å². The van der Waals surface area contributed by atoms with Gasteiger partial charge in [-0.05, 0) is 44.7 Å². The summed E-state index contributed by atoms with van der Waals surface area (Å²) in [5.41, 5.74) is 0.325. The highest BCUT2D eigenvalue weighted by atomic mass is 79.9. The molecular formula is C27H34BrN5O6. The molecule has 3 aliphatic heterocycles. The standard InChI is InChI=1S/C27H34BrN5O6/c1-3-12-31(16-33-19-11-7-6-10-18(19)29-30-33)25(36)23-27-15-17(28)22(39-27)20(26(37)38-4-2)21(27)24(35)32(23)13-8-5-9-14-34/h3,6-7,10-11,17,20-23,34H,1,4-5,8-9,12-16H2,2H3/t17?,20-,21+,22-,23?,27?/m1/s1. The molecule has 12 heteroatoms. The molecule has 2 bridgehead atoms. The molecule has 210 valence electrons. The van der Waals surface area contributed by atoms with E-state index in [4.69, 9.17) is 9.47 Å². The number of alkyl halides is 1. The van der Waals surface area contributed by atoms with Gasteiger partial charge in [0.25, 0.3) is 0 Å². The number of likely N-dealkylation sites (tertiary alicyclic amines) is 1. The maximum atomic E-state index is 14.4. The molecule has 4 heterocycles. The fraction of sp³-hybridized carbons (Fsp3) is 0.593. The van der Waals surface area contributed by atoms with E-state index < -0.39 is 35.6 Å². The van der Waals surface area contributed by atoms with Crippen LogP contribution in [0, 0.1) is 11.8 Å². The fourth-order valence-corrected chi connectivity index (χ4v) is 7.40. The number of amides is 2. The van der Waals surface area contributed by atoms with Crippen LogP contribution in [0.15, 0.2) is 36.9 Å². The first-order chi connectivity index (χ1) is 18.9. The van der Waals surface area contributed by atoms with Crippen LogP contribution in [0.4, 0.5) is 0 Å². The molecule has 3 fully saturated rings. The number of carbonyl (C=O) groups excluding carboxylic acids is 3. The molecule has 0 radical (unpaired) electrons. The maximum Gasteiger partial charge on any atom is 0.312 e. The van der Waals surface area contributed by atoms with Crippen LogP contribution in [0.1, 0.15) is 32.6 Å². The smallest absolute Gasteiger partial charge is 0.312 e. The third-order valence-corrected chi connectivity index (χ3v) is 8.87. The number of hydrogen-bond donors (Lipinski definition) is 1. The van der Waals surface area contributed by atoms with Crippen molar-refractivity contribution in [3.8, 4) is 0 Å². The number of benzene rings is 1. The molecule has 0 aliphatic carbocycles. The number of ether oxygens (including phenoxy) is 2. The number of esters is 1. The van der Waals surface area contributed by atoms with Crippen molar-refractivity contribution >= 4 is 44.7 Å². The first kappa shape index (κ1) is 27.7. The third-order valence-electron chi connectivity index (χ3n) is 8.03. The van der Waals surface area contributed by atoms with E-state index in [1.165, 1.54) is 0 Å². The van der Waals surface area contributed by atoms with Crippen LogP contribution in [0.2, 0.25) is 0 Å². The summed E-state index contributed by atoms with van der Waals surface area (Å²) in [6.07, 6.45) is 3.41. The minimum atomic E-state index is -1.16. The monoisotopic (exact) mass is 603 g/mol. The molecule has 3 unspecified atom stereocenters. The van der Waals surface area contributed by atoms with E-state index in [9.17, 15) is 19.5 Å². The van der Waals surface area contributed by atoms with Gasteiger partial charge in [0.2, 0.25) is 11.8 Å². The summed E-state index contributed by atoms with van der Waals surface area (Å²) in [5, 5.41) is 17.7. The number of hydrogen-bond acceptors (Lipinski definition) is 8. The van der Waals surface area contributed by atoms with Crippen LogP contribution in [0.3, 0.4) is 0 Å². The van der Waals surface area contributed by atoms with Crippen molar-refractivity contribution in [2.24, 2.45) is 11.8 Å². The molecule has 3 aliphatic rings. The molecule has 1 N–H and O–H groups in total. The Hall–Kier alpha value is -2.83. The van der Waals surface area contributed by atoms with Crippen molar-refractivity contribution in [1.82, 2.24) is 24.8 Å². The second-order valence-corrected chi connectivity index (χ2v) is 11.5. The summed E-state index contributed by atoms with van der Waals surface area (Å²) in [5.74, 6) is -2.63. The maximum absolute atomic E-state index is 14.4. The van der Waals surface area contributed by atoms with E-state index in [-0.39, 0.29) is 43.1 Å². The van der Waals surface area contributed by atoms with Gasteiger partial charge in [-0.2, -0.15) is 0 Å². The second kappa shape index (κ2) is 11.3. The van der Waals surface area contributed by atoms with Crippen molar-refractivity contribution in [3.05, 3.63) is 36.9 Å². The Labute approximate surface area is 235 Å². The molecule has 11 nitrogen and oxygen atoms in total. The molecule has 0 saturated carbocycles. The zero-order valence-electron chi connectivity index (χ0n) is 21.9. The number of aliphatic hydroxyl groups is 1. The molecule has 3 saturated heterocycles. The van der Waals surface area contributed by atoms with Crippen LogP contribution in [0.5, 0.6) is 0 Å². The first-order valence-corrected chi connectivity index (χ1v) is 14.4. The minimum absolute atomic E-state index is 0.0584. The van der Waals surface area contributed by atoms with Crippen molar-refractivity contribution < 1.29 is 29.0 Å². The van der Waals surface area contributed by atoms with E-state index in [1.54, 1.807) is 27.5 Å². The Morgan fingerprint density at radius 1 is 1.33 bits per heavy atom. The van der Waals surface area contributed by atoms with Gasteiger partial charge < -0.3 is 24.4 Å². The Morgan fingerprint density at radius 2 is 2.13 bits per heavy atom. The number of carbonyl (C=O) groups is 3. The Balaban J connectivity index is 1.51. The third kappa shape index (κ3) is 4.66. The van der Waals surface area contributed by atoms with E-state index >= 15 is 0 Å². The van der Waals surface area contributed by atoms with Crippen LogP contribution < -0.4 is 0 Å². The molecule has 1 aromatic heterocycles. The SMILES string of the molecule is C=CCN(Cn1nnc2ccccc21)C(=O)C1N(CCCCCO)C(=O)[C@@H]2[C@@H](C(=O)OCC)[C@@H]3OC12CC3Br. The van der Waals surface area contributed by atoms with Crippen molar-refractivity contribution in [2.75, 3.05) is 26.3 Å². The number of unbranched alkanes of at least 4 members (excludes halogenated alkanes) is 2. The number of aliphatic hydroxyl groups excluding tert-OH is 1. The zero-order chi connectivity index (χ0) is 27.7. The van der Waals surface area contributed by atoms with E-state index in [1.807, 2.05) is 24.3 Å². The molecule has 2 amide bonds. The van der Waals surface area contributed by atoms with E-state index in [2.05, 4.69) is 32.8 Å². The van der Waals surface area contributed by atoms with Gasteiger partial charge in [-0.25, -0.2) is 4.68 Å². The highest BCUT2D eigenvalue weighted by molar-refractivity contribution is 9.09. The summed E-state index contributed by atoms with van der Waals surface area (Å²) in [6, 6.07) is 6.56. The average molecular weight is 605 g/mol. The van der Waals surface area contributed by atoms with Gasteiger partial charge >= 0.3 is 5.97 Å². The lowest BCUT2D eigenvalue weighted by atomic mass is 9.70. The van der Waals surface area contributed by atoms with Crippen molar-refractivity contribution in [3.63, 3.8) is 0 Å². The largest absolute Gasteiger partial charge is 0.466 e. The lowest BCUT2D eigenvalue weighted by Gasteiger charge is -2.37. The van der Waals surface area contributed by atoms with Crippen LogP contribution in [-0.2, 0) is 30.5 Å². The molecular weight excluding hydrogens is 570 g/mol. The quantitative estimate of drug-likeness (QED) is 0.169. The van der Waals surface area contributed by atoms with Gasteiger partial charge in [0.05, 0.1) is 30.1 Å². The lowest BCUT2D eigenvalue weighted by Crippen LogP contribution is -2.57. The Kier molecular flexibility index (Phi) is 8.06. The lowest BCUT2D eigenvalue weighted by molar-refractivity contribution is -0.155. The summed E-state index contributed by atoms with van der Waals surface area (Å²) >= 11 is 3.67. The average Bonchev–Trinajstić information content (AvgIpc) is 3.64. The number of para-hydroxylation sites is 1. The predicted molar refractivity (Wildman–Crippen MR) is 144 cm³/mol. The first-order valence-electron chi connectivity index (χ1n) is 13.5. The molecule has 1 aromatic carbocycles. The normalized spacial score (nSPS) is 29.2. The molecule has 2 aromatic rings. The van der Waals surface area contributed by atoms with E-state index in [0.29, 0.717) is 37.7 Å². The molecule has 5 rings (SSSR count). The summed E-state index contributed by atoms with van der Waals surface area (Å²) in [7, 11) is 0. The number of fused-ring (bicyclic) bond motifs is 2. The molecule has 1 spiro atoms. The number of aromatic nitrogens is 3. The number of halogens is 1. The summed E-state index contributed by atoms with van der Waals surface area (Å²) in [4.78, 5) is 44.5. The van der Waals surface area contributed by atoms with Gasteiger partial charge in [0, 0.05) is 24.5 Å². The summed E-state index contributed by atoms with van der Waals surface area (Å²) in [6.45, 7) is 6.46. The van der Waals surface area contributed by atoms with Gasteiger partial charge in [-0.15, -0.1) is 11.7 Å². The highest BCUT2D eigenvalue weighted by Gasteiger charge is 2.77. The summed E-state index contributed by atoms with van der Waals surface area (Å²) < 4.78 is 13.5. The molecule has 39 heavy (non-hydrogen) atoms. The van der Waals surface area contributed by atoms with Gasteiger partial charge in [0.1, 0.15) is 23.8 Å². The van der Waals surface area contributed by atoms with Gasteiger partial charge in [0.15, 0.2) is 0 Å². The van der Waals surface area contributed by atoms with Crippen LogP contribution in [-0.4, -0.2) is 96.6 Å². The Bertz CT molecular complexity index is 1250. The number of nitrogens with zero attached hydrogens (tertiary/aromatic N) is 5. The fourth-order valence-electron chi connectivity index (χ4n) is 6.46. The predicted octanol–water partition coefficient (Wildman–Crippen LogP) is 1.88. The minimum Gasteiger partial charge on any atom is -0.466 e.